The van der Waals surface area contributed by atoms with E-state index in [1.807, 2.05) is 22.9 Å². The van der Waals surface area contributed by atoms with Gasteiger partial charge in [-0.1, -0.05) is 12.1 Å². The molecule has 3 aromatic rings. The van der Waals surface area contributed by atoms with Gasteiger partial charge in [-0.25, -0.2) is 9.67 Å². The summed E-state index contributed by atoms with van der Waals surface area (Å²) in [6, 6.07) is 12.4. The van der Waals surface area contributed by atoms with Gasteiger partial charge in [-0.15, -0.1) is 0 Å². The zero-order valence-electron chi connectivity index (χ0n) is 17.7. The van der Waals surface area contributed by atoms with Gasteiger partial charge in [0.15, 0.2) is 5.65 Å². The van der Waals surface area contributed by atoms with E-state index >= 15 is 0 Å². The average molecular weight is 408 g/mol. The highest BCUT2D eigenvalue weighted by Gasteiger charge is 2.26. The molecule has 3 heterocycles. The van der Waals surface area contributed by atoms with Crippen LogP contribution in [-0.4, -0.2) is 52.3 Å². The van der Waals surface area contributed by atoms with Crippen LogP contribution in [0.4, 0.5) is 0 Å². The van der Waals surface area contributed by atoms with Crippen LogP contribution in [0.3, 0.4) is 0 Å². The molecule has 1 aliphatic rings. The summed E-state index contributed by atoms with van der Waals surface area (Å²) in [7, 11) is 1.71. The van der Waals surface area contributed by atoms with E-state index in [-0.39, 0.29) is 5.91 Å². The zero-order valence-corrected chi connectivity index (χ0v) is 17.7. The molecular weight excluding hydrogens is 378 g/mol. The molecule has 1 saturated heterocycles. The molecule has 1 amide bonds. The van der Waals surface area contributed by atoms with Crippen LogP contribution in [0.2, 0.25) is 0 Å². The summed E-state index contributed by atoms with van der Waals surface area (Å²) >= 11 is 0. The Hall–Kier alpha value is -2.93. The van der Waals surface area contributed by atoms with Crippen LogP contribution in [0.1, 0.15) is 36.9 Å². The number of benzene rings is 1. The Bertz CT molecular complexity index is 1020. The van der Waals surface area contributed by atoms with E-state index in [1.54, 1.807) is 13.3 Å². The molecule has 158 valence electrons. The highest BCUT2D eigenvalue weighted by Crippen LogP contribution is 2.31. The Labute approximate surface area is 177 Å². The predicted octanol–water partition coefficient (Wildman–Crippen LogP) is 2.96. The monoisotopic (exact) mass is 407 g/mol. The molecule has 30 heavy (non-hydrogen) atoms. The van der Waals surface area contributed by atoms with Gasteiger partial charge in [-0.05, 0) is 49.2 Å². The summed E-state index contributed by atoms with van der Waals surface area (Å²) in [5, 5.41) is 8.90. The molecule has 1 fully saturated rings. The molecule has 0 saturated carbocycles. The third-order valence-electron chi connectivity index (χ3n) is 5.67. The minimum atomic E-state index is -0.0277. The van der Waals surface area contributed by atoms with Crippen molar-refractivity contribution in [1.29, 1.82) is 0 Å². The van der Waals surface area contributed by atoms with E-state index in [9.17, 15) is 4.79 Å². The Kier molecular flexibility index (Phi) is 6.28. The predicted molar refractivity (Wildman–Crippen MR) is 116 cm³/mol. The van der Waals surface area contributed by atoms with Crippen molar-refractivity contribution in [3.63, 3.8) is 0 Å². The molecule has 0 bridgehead atoms. The fourth-order valence-electron chi connectivity index (χ4n) is 4.28. The van der Waals surface area contributed by atoms with Crippen LogP contribution in [0, 0.1) is 0 Å². The molecule has 1 aromatic carbocycles. The minimum absolute atomic E-state index is 0.0277. The van der Waals surface area contributed by atoms with Crippen molar-refractivity contribution in [1.82, 2.24) is 25.0 Å². The van der Waals surface area contributed by atoms with Crippen molar-refractivity contribution in [3.05, 3.63) is 53.9 Å². The van der Waals surface area contributed by atoms with Crippen LogP contribution in [-0.2, 0) is 17.9 Å². The number of aromatic nitrogens is 3. The Balaban J connectivity index is 1.52. The van der Waals surface area contributed by atoms with Crippen molar-refractivity contribution in [3.8, 4) is 5.75 Å². The lowest BCUT2D eigenvalue weighted by molar-refractivity contribution is -0.118. The molecular formula is C23H29N5O2. The maximum Gasteiger partial charge on any atom is 0.216 e. The van der Waals surface area contributed by atoms with Crippen molar-refractivity contribution < 1.29 is 9.53 Å². The van der Waals surface area contributed by atoms with Crippen molar-refractivity contribution in [2.24, 2.45) is 0 Å². The Morgan fingerprint density at radius 2 is 2.20 bits per heavy atom. The van der Waals surface area contributed by atoms with Crippen molar-refractivity contribution >= 4 is 16.9 Å². The van der Waals surface area contributed by atoms with Crippen LogP contribution in [0.5, 0.6) is 5.75 Å². The highest BCUT2D eigenvalue weighted by atomic mass is 16.5. The average Bonchev–Trinajstić information content (AvgIpc) is 3.13. The third-order valence-corrected chi connectivity index (χ3v) is 5.67. The van der Waals surface area contributed by atoms with Crippen LogP contribution in [0.15, 0.2) is 42.6 Å². The van der Waals surface area contributed by atoms with Crippen molar-refractivity contribution in [2.75, 3.05) is 26.7 Å². The van der Waals surface area contributed by atoms with Crippen LogP contribution in [0.25, 0.3) is 11.0 Å². The topological polar surface area (TPSA) is 72.3 Å². The number of likely N-dealkylation sites (tertiary alicyclic amines) is 1. The number of nitrogens with zero attached hydrogens (tertiary/aromatic N) is 4. The van der Waals surface area contributed by atoms with Gasteiger partial charge in [0.05, 0.1) is 19.3 Å². The molecule has 0 radical (unpaired) electrons. The maximum atomic E-state index is 11.2. The molecule has 0 aliphatic carbocycles. The summed E-state index contributed by atoms with van der Waals surface area (Å²) in [5.41, 5.74) is 3.28. The summed E-state index contributed by atoms with van der Waals surface area (Å²) in [4.78, 5) is 18.3. The molecule has 4 rings (SSSR count). The second kappa shape index (κ2) is 9.26. The fraction of sp³-hybridized carbons (Fsp3) is 0.435. The standard InChI is InChI=1S/C23H29N5O2/c1-17(29)24-11-13-28-23-21(9-4-10-25-23)22(26-28)19-7-5-12-27(16-19)15-18-6-3-8-20(14-18)30-2/h3-4,6,8-10,14,19H,5,7,11-13,15-16H2,1-2H3,(H,24,29)/t19-/m1/s1. The quantitative estimate of drug-likeness (QED) is 0.652. The summed E-state index contributed by atoms with van der Waals surface area (Å²) in [6.45, 7) is 5.68. The molecule has 1 N–H and O–H groups in total. The number of piperidine rings is 1. The van der Waals surface area contributed by atoms with E-state index < -0.39 is 0 Å². The van der Waals surface area contributed by atoms with Gasteiger partial charge in [-0.3, -0.25) is 9.69 Å². The lowest BCUT2D eigenvalue weighted by atomic mass is 9.93. The molecule has 1 aliphatic heterocycles. The number of amides is 1. The first kappa shape index (κ1) is 20.3. The number of fused-ring (bicyclic) bond motifs is 1. The molecule has 0 unspecified atom stereocenters. The summed E-state index contributed by atoms with van der Waals surface area (Å²) < 4.78 is 7.30. The van der Waals surface area contributed by atoms with E-state index in [0.717, 1.165) is 55.0 Å². The number of methoxy groups -OCH3 is 1. The third kappa shape index (κ3) is 4.62. The number of ether oxygens (including phenoxy) is 1. The van der Waals surface area contributed by atoms with Gasteiger partial charge in [0.25, 0.3) is 0 Å². The second-order valence-electron chi connectivity index (χ2n) is 7.89. The van der Waals surface area contributed by atoms with Gasteiger partial charge in [0, 0.05) is 44.1 Å². The highest BCUT2D eigenvalue weighted by molar-refractivity contribution is 5.79. The summed E-state index contributed by atoms with van der Waals surface area (Å²) in [6.07, 6.45) is 4.08. The smallest absolute Gasteiger partial charge is 0.216 e. The van der Waals surface area contributed by atoms with Crippen molar-refractivity contribution in [2.45, 2.75) is 38.8 Å². The summed E-state index contributed by atoms with van der Waals surface area (Å²) in [5.74, 6) is 1.24. The van der Waals surface area contributed by atoms with Gasteiger partial charge >= 0.3 is 0 Å². The molecule has 7 nitrogen and oxygen atoms in total. The number of carbonyl (C=O) groups is 1. The van der Waals surface area contributed by atoms with Gasteiger partial charge in [-0.2, -0.15) is 5.10 Å². The largest absolute Gasteiger partial charge is 0.497 e. The van der Waals surface area contributed by atoms with E-state index in [4.69, 9.17) is 9.84 Å². The first-order valence-electron chi connectivity index (χ1n) is 10.5. The maximum absolute atomic E-state index is 11.2. The lowest BCUT2D eigenvalue weighted by Gasteiger charge is -2.32. The SMILES string of the molecule is COc1cccc(CN2CCC[C@@H](c3nn(CCNC(C)=O)c4ncccc34)C2)c1. The zero-order chi connectivity index (χ0) is 20.9. The van der Waals surface area contributed by atoms with Gasteiger partial charge in [0.1, 0.15) is 5.75 Å². The van der Waals surface area contributed by atoms with E-state index in [0.29, 0.717) is 19.0 Å². The molecule has 2 aromatic heterocycles. The van der Waals surface area contributed by atoms with Crippen LogP contribution >= 0.6 is 0 Å². The number of pyridine rings is 1. The Morgan fingerprint density at radius 1 is 1.30 bits per heavy atom. The molecule has 7 heteroatoms. The van der Waals surface area contributed by atoms with Gasteiger partial charge in [0.2, 0.25) is 5.91 Å². The lowest BCUT2D eigenvalue weighted by Crippen LogP contribution is -2.34. The normalized spacial score (nSPS) is 17.2. The van der Waals surface area contributed by atoms with E-state index in [1.165, 1.54) is 12.5 Å². The fourth-order valence-corrected chi connectivity index (χ4v) is 4.28. The number of carbonyl (C=O) groups excluding carboxylic acids is 1. The number of nitrogens with one attached hydrogen (secondary N) is 1. The van der Waals surface area contributed by atoms with E-state index in [2.05, 4.69) is 33.4 Å². The van der Waals surface area contributed by atoms with Crippen LogP contribution < -0.4 is 10.1 Å². The second-order valence-corrected chi connectivity index (χ2v) is 7.89. The number of hydrogen-bond donors (Lipinski definition) is 1. The molecule has 1 atom stereocenters. The number of hydrogen-bond acceptors (Lipinski definition) is 5. The minimum Gasteiger partial charge on any atom is -0.497 e. The first-order chi connectivity index (χ1) is 14.6. The van der Waals surface area contributed by atoms with Gasteiger partial charge < -0.3 is 10.1 Å². The Morgan fingerprint density at radius 3 is 3.03 bits per heavy atom. The first-order valence-corrected chi connectivity index (χ1v) is 10.5. The number of rotatable bonds is 7. The molecule has 0 spiro atoms.